The molecule has 34 heavy (non-hydrogen) atoms. The van der Waals surface area contributed by atoms with Crippen LogP contribution in [0.4, 0.5) is 0 Å². The minimum atomic E-state index is -3.57. The summed E-state index contributed by atoms with van der Waals surface area (Å²) in [4.78, 5) is 18.2. The first-order valence-electron chi connectivity index (χ1n) is 13.2. The molecule has 190 valence electrons. The summed E-state index contributed by atoms with van der Waals surface area (Å²) in [6, 6.07) is 4.47. The molecular weight excluding hydrogens is 446 g/mol. The molecule has 0 bridgehead atoms. The fourth-order valence-corrected chi connectivity index (χ4v) is 8.19. The van der Waals surface area contributed by atoms with Crippen LogP contribution in [0.1, 0.15) is 69.1 Å². The number of carbonyl (C=O) groups excluding carboxylic acids is 1. The van der Waals surface area contributed by atoms with Gasteiger partial charge in [-0.05, 0) is 90.2 Å². The van der Waals surface area contributed by atoms with Gasteiger partial charge < -0.3 is 4.90 Å². The Hall–Kier alpha value is -1.44. The molecule has 1 aliphatic heterocycles. The normalized spacial score (nSPS) is 24.7. The smallest absolute Gasteiger partial charge is 0.243 e. The van der Waals surface area contributed by atoms with E-state index < -0.39 is 10.0 Å². The molecule has 1 aromatic carbocycles. The first kappa shape index (κ1) is 25.6. The van der Waals surface area contributed by atoms with Gasteiger partial charge in [0.1, 0.15) is 0 Å². The average Bonchev–Trinajstić information content (AvgIpc) is 3.60. The Balaban J connectivity index is 1.44. The van der Waals surface area contributed by atoms with E-state index in [0.29, 0.717) is 23.4 Å². The Morgan fingerprint density at radius 2 is 1.50 bits per heavy atom. The number of carbonyl (C=O) groups is 1. The molecule has 0 atom stereocenters. The fourth-order valence-electron chi connectivity index (χ4n) is 6.02. The molecule has 0 N–H and O–H groups in total. The maximum absolute atomic E-state index is 13.9. The van der Waals surface area contributed by atoms with Gasteiger partial charge in [0.2, 0.25) is 15.9 Å². The fraction of sp³-hybridized carbons (Fsp3) is 0.741. The van der Waals surface area contributed by atoms with Crippen molar-refractivity contribution in [1.29, 1.82) is 0 Å². The molecule has 4 rings (SSSR count). The molecule has 1 heterocycles. The summed E-state index contributed by atoms with van der Waals surface area (Å²) in [5.74, 6) is 0.802. The minimum Gasteiger partial charge on any atom is -0.340 e. The molecular formula is C27H43N3O3S. The predicted octanol–water partition coefficient (Wildman–Crippen LogP) is 4.12. The summed E-state index contributed by atoms with van der Waals surface area (Å²) in [7, 11) is -3.57. The number of sulfonamides is 1. The van der Waals surface area contributed by atoms with E-state index in [1.807, 2.05) is 42.1 Å². The molecule has 2 saturated carbocycles. The zero-order valence-electron chi connectivity index (χ0n) is 21.7. The van der Waals surface area contributed by atoms with E-state index in [9.17, 15) is 13.2 Å². The molecule has 6 nitrogen and oxygen atoms in total. The molecule has 1 aromatic rings. The maximum atomic E-state index is 13.9. The minimum absolute atomic E-state index is 0.00691. The Morgan fingerprint density at radius 1 is 0.941 bits per heavy atom. The summed E-state index contributed by atoms with van der Waals surface area (Å²) in [6.45, 7) is 14.4. The van der Waals surface area contributed by atoms with E-state index in [0.717, 1.165) is 81.4 Å². The van der Waals surface area contributed by atoms with Crippen LogP contribution in [0.5, 0.6) is 0 Å². The Labute approximate surface area is 206 Å². The third-order valence-corrected chi connectivity index (χ3v) is 10.3. The van der Waals surface area contributed by atoms with E-state index in [2.05, 4.69) is 18.7 Å². The van der Waals surface area contributed by atoms with Gasteiger partial charge in [-0.25, -0.2) is 8.42 Å². The van der Waals surface area contributed by atoms with Crippen molar-refractivity contribution in [3.63, 3.8) is 0 Å². The number of piperazine rings is 1. The summed E-state index contributed by atoms with van der Waals surface area (Å²) < 4.78 is 29.7. The van der Waals surface area contributed by atoms with Gasteiger partial charge in [-0.1, -0.05) is 17.7 Å². The van der Waals surface area contributed by atoms with Crippen LogP contribution in [0.3, 0.4) is 0 Å². The lowest BCUT2D eigenvalue weighted by Crippen LogP contribution is -2.52. The Morgan fingerprint density at radius 3 is 2.00 bits per heavy atom. The highest BCUT2D eigenvalue weighted by atomic mass is 32.2. The monoisotopic (exact) mass is 489 g/mol. The molecule has 3 fully saturated rings. The number of nitrogens with zero attached hydrogens (tertiary/aromatic N) is 3. The summed E-state index contributed by atoms with van der Waals surface area (Å²) in [5, 5.41) is 0. The zero-order valence-corrected chi connectivity index (χ0v) is 22.5. The van der Waals surface area contributed by atoms with Crippen molar-refractivity contribution in [2.45, 2.75) is 90.1 Å². The van der Waals surface area contributed by atoms with E-state index in [4.69, 9.17) is 0 Å². The number of amides is 1. The molecule has 3 aliphatic rings. The van der Waals surface area contributed by atoms with E-state index in [-0.39, 0.29) is 17.9 Å². The second-order valence-corrected chi connectivity index (χ2v) is 13.0. The van der Waals surface area contributed by atoms with Crippen LogP contribution in [0.25, 0.3) is 0 Å². The quantitative estimate of drug-likeness (QED) is 0.578. The van der Waals surface area contributed by atoms with Crippen LogP contribution in [0, 0.1) is 32.6 Å². The second-order valence-electron chi connectivity index (χ2n) is 11.2. The van der Waals surface area contributed by atoms with Gasteiger partial charge in [0.05, 0.1) is 4.90 Å². The molecule has 0 radical (unpaired) electrons. The number of rotatable bonds is 7. The number of benzene rings is 1. The topological polar surface area (TPSA) is 60.9 Å². The van der Waals surface area contributed by atoms with Gasteiger partial charge in [0.25, 0.3) is 0 Å². The lowest BCUT2D eigenvalue weighted by molar-refractivity contribution is -0.138. The van der Waals surface area contributed by atoms with E-state index in [1.54, 1.807) is 0 Å². The summed E-state index contributed by atoms with van der Waals surface area (Å²) in [5.41, 5.74) is 2.77. The van der Waals surface area contributed by atoms with Gasteiger partial charge >= 0.3 is 0 Å². The lowest BCUT2D eigenvalue weighted by Gasteiger charge is -2.40. The van der Waals surface area contributed by atoms with Crippen molar-refractivity contribution in [1.82, 2.24) is 14.1 Å². The van der Waals surface area contributed by atoms with Crippen LogP contribution in [0.2, 0.25) is 0 Å². The van der Waals surface area contributed by atoms with E-state index in [1.165, 1.54) is 0 Å². The molecule has 7 heteroatoms. The average molecular weight is 490 g/mol. The summed E-state index contributed by atoms with van der Waals surface area (Å²) in [6.07, 6.45) is 5.37. The highest BCUT2D eigenvalue weighted by Crippen LogP contribution is 2.38. The number of hydrogen-bond donors (Lipinski definition) is 0. The largest absolute Gasteiger partial charge is 0.340 e. The standard InChI is InChI=1S/C27H43N3O3S/c1-19(2)28-12-14-29(15-13-28)27(31)24-8-10-25(11-9-24)30(18-23-6-7-23)34(32,33)26-21(4)16-20(3)17-22(26)5/h16-17,19,23-25H,6-15,18H2,1-5H3. The zero-order chi connectivity index (χ0) is 24.6. The highest BCUT2D eigenvalue weighted by molar-refractivity contribution is 7.89. The third-order valence-electron chi connectivity index (χ3n) is 8.12. The Kier molecular flexibility index (Phi) is 7.75. The molecule has 0 spiro atoms. The summed E-state index contributed by atoms with van der Waals surface area (Å²) >= 11 is 0. The van der Waals surface area contributed by atoms with E-state index >= 15 is 0 Å². The highest BCUT2D eigenvalue weighted by Gasteiger charge is 2.40. The van der Waals surface area contributed by atoms with Crippen LogP contribution >= 0.6 is 0 Å². The second kappa shape index (κ2) is 10.3. The molecule has 2 aliphatic carbocycles. The van der Waals surface area contributed by atoms with Gasteiger partial charge in [0, 0.05) is 50.7 Å². The number of aryl methyl sites for hydroxylation is 3. The molecule has 0 unspecified atom stereocenters. The van der Waals surface area contributed by atoms with Crippen molar-refractivity contribution in [3.8, 4) is 0 Å². The van der Waals surface area contributed by atoms with Crippen molar-refractivity contribution in [2.75, 3.05) is 32.7 Å². The lowest BCUT2D eigenvalue weighted by atomic mass is 9.85. The van der Waals surface area contributed by atoms with Crippen molar-refractivity contribution < 1.29 is 13.2 Å². The van der Waals surface area contributed by atoms with Crippen LogP contribution in [0.15, 0.2) is 17.0 Å². The molecule has 1 amide bonds. The number of hydrogen-bond acceptors (Lipinski definition) is 4. The third kappa shape index (κ3) is 5.52. The van der Waals surface area contributed by atoms with Crippen molar-refractivity contribution in [2.24, 2.45) is 11.8 Å². The van der Waals surface area contributed by atoms with Gasteiger partial charge in [-0.3, -0.25) is 9.69 Å². The predicted molar refractivity (Wildman–Crippen MR) is 136 cm³/mol. The van der Waals surface area contributed by atoms with Gasteiger partial charge in [-0.15, -0.1) is 0 Å². The molecule has 1 saturated heterocycles. The van der Waals surface area contributed by atoms with Crippen LogP contribution in [-0.2, 0) is 14.8 Å². The first-order chi connectivity index (χ1) is 16.1. The van der Waals surface area contributed by atoms with Gasteiger partial charge in [0.15, 0.2) is 0 Å². The Bertz CT molecular complexity index is 963. The van der Waals surface area contributed by atoms with Gasteiger partial charge in [-0.2, -0.15) is 4.31 Å². The molecule has 0 aromatic heterocycles. The van der Waals surface area contributed by atoms with Crippen LogP contribution in [-0.4, -0.2) is 73.2 Å². The van der Waals surface area contributed by atoms with Crippen molar-refractivity contribution >= 4 is 15.9 Å². The first-order valence-corrected chi connectivity index (χ1v) is 14.6. The maximum Gasteiger partial charge on any atom is 0.243 e. The SMILES string of the molecule is Cc1cc(C)c(S(=O)(=O)N(CC2CC2)C2CCC(C(=O)N3CCN(C(C)C)CC3)CC2)c(C)c1. The van der Waals surface area contributed by atoms with Crippen LogP contribution < -0.4 is 0 Å². The van der Waals surface area contributed by atoms with Crippen molar-refractivity contribution in [3.05, 3.63) is 28.8 Å².